The number of piperazine rings is 1. The lowest BCUT2D eigenvalue weighted by molar-refractivity contribution is -0.133. The molecule has 140 valence electrons. The summed E-state index contributed by atoms with van der Waals surface area (Å²) in [5, 5.41) is 3.96. The molecule has 2 heterocycles. The SMILES string of the molecule is CCc1noc(C(C)N2CCN(C(=O)CC(N)c3ccccc3)CC2)n1. The van der Waals surface area contributed by atoms with Gasteiger partial charge in [0.05, 0.1) is 6.04 Å². The van der Waals surface area contributed by atoms with Gasteiger partial charge in [0, 0.05) is 45.1 Å². The minimum Gasteiger partial charge on any atom is -0.340 e. The van der Waals surface area contributed by atoms with Gasteiger partial charge in [-0.25, -0.2) is 0 Å². The van der Waals surface area contributed by atoms with Crippen molar-refractivity contribution >= 4 is 5.91 Å². The summed E-state index contributed by atoms with van der Waals surface area (Å²) in [6.45, 7) is 7.03. The van der Waals surface area contributed by atoms with Gasteiger partial charge in [-0.05, 0) is 12.5 Å². The highest BCUT2D eigenvalue weighted by Gasteiger charge is 2.28. The van der Waals surface area contributed by atoms with Crippen LogP contribution in [0.2, 0.25) is 0 Å². The molecule has 1 amide bonds. The van der Waals surface area contributed by atoms with E-state index in [9.17, 15) is 4.79 Å². The van der Waals surface area contributed by atoms with Crippen molar-refractivity contribution in [3.8, 4) is 0 Å². The van der Waals surface area contributed by atoms with Gasteiger partial charge in [0.15, 0.2) is 5.82 Å². The van der Waals surface area contributed by atoms with E-state index in [1.54, 1.807) is 0 Å². The number of benzene rings is 1. The second-order valence-corrected chi connectivity index (χ2v) is 6.72. The maximum Gasteiger partial charge on any atom is 0.243 e. The Hall–Kier alpha value is -2.25. The number of nitrogens with zero attached hydrogens (tertiary/aromatic N) is 4. The normalized spacial score (nSPS) is 17.9. The summed E-state index contributed by atoms with van der Waals surface area (Å²) in [4.78, 5) is 21.1. The number of hydrogen-bond acceptors (Lipinski definition) is 6. The molecule has 1 saturated heterocycles. The Bertz CT molecular complexity index is 710. The van der Waals surface area contributed by atoms with Crippen molar-refractivity contribution in [3.05, 3.63) is 47.6 Å². The maximum absolute atomic E-state index is 12.6. The van der Waals surface area contributed by atoms with E-state index >= 15 is 0 Å². The molecule has 1 aromatic carbocycles. The summed E-state index contributed by atoms with van der Waals surface area (Å²) >= 11 is 0. The van der Waals surface area contributed by atoms with Crippen molar-refractivity contribution in [1.82, 2.24) is 19.9 Å². The molecule has 3 rings (SSSR count). The van der Waals surface area contributed by atoms with E-state index < -0.39 is 0 Å². The predicted molar refractivity (Wildman–Crippen MR) is 98.2 cm³/mol. The highest BCUT2D eigenvalue weighted by Crippen LogP contribution is 2.21. The molecule has 0 aliphatic carbocycles. The maximum atomic E-state index is 12.6. The highest BCUT2D eigenvalue weighted by molar-refractivity contribution is 5.77. The van der Waals surface area contributed by atoms with Crippen LogP contribution in [0, 0.1) is 0 Å². The molecule has 1 aromatic heterocycles. The first-order valence-corrected chi connectivity index (χ1v) is 9.23. The van der Waals surface area contributed by atoms with E-state index in [1.165, 1.54) is 0 Å². The minimum absolute atomic E-state index is 0.0617. The fourth-order valence-electron chi connectivity index (χ4n) is 3.23. The number of aryl methyl sites for hydroxylation is 1. The zero-order valence-electron chi connectivity index (χ0n) is 15.5. The third kappa shape index (κ3) is 4.28. The number of amides is 1. The fourth-order valence-corrected chi connectivity index (χ4v) is 3.23. The lowest BCUT2D eigenvalue weighted by Gasteiger charge is -2.37. The van der Waals surface area contributed by atoms with E-state index in [2.05, 4.69) is 22.0 Å². The summed E-state index contributed by atoms with van der Waals surface area (Å²) in [6, 6.07) is 9.57. The van der Waals surface area contributed by atoms with E-state index in [4.69, 9.17) is 10.3 Å². The van der Waals surface area contributed by atoms with Crippen LogP contribution in [-0.2, 0) is 11.2 Å². The molecule has 1 fully saturated rings. The topological polar surface area (TPSA) is 88.5 Å². The quantitative estimate of drug-likeness (QED) is 0.850. The van der Waals surface area contributed by atoms with Crippen LogP contribution in [-0.4, -0.2) is 52.0 Å². The van der Waals surface area contributed by atoms with Crippen molar-refractivity contribution in [3.63, 3.8) is 0 Å². The average Bonchev–Trinajstić information content (AvgIpc) is 3.17. The summed E-state index contributed by atoms with van der Waals surface area (Å²) in [7, 11) is 0. The Morgan fingerprint density at radius 3 is 2.54 bits per heavy atom. The second-order valence-electron chi connectivity index (χ2n) is 6.72. The molecule has 0 spiro atoms. The van der Waals surface area contributed by atoms with Gasteiger partial charge in [0.25, 0.3) is 0 Å². The Morgan fingerprint density at radius 2 is 1.92 bits per heavy atom. The summed E-state index contributed by atoms with van der Waals surface area (Å²) in [6.07, 6.45) is 1.10. The zero-order valence-corrected chi connectivity index (χ0v) is 15.5. The van der Waals surface area contributed by atoms with Crippen LogP contribution in [0.25, 0.3) is 0 Å². The lowest BCUT2D eigenvalue weighted by Crippen LogP contribution is -2.49. The molecule has 1 aliphatic rings. The molecule has 7 nitrogen and oxygen atoms in total. The first-order valence-electron chi connectivity index (χ1n) is 9.23. The molecule has 2 N–H and O–H groups in total. The van der Waals surface area contributed by atoms with Gasteiger partial charge in [-0.3, -0.25) is 9.69 Å². The number of aromatic nitrogens is 2. The van der Waals surface area contributed by atoms with Crippen LogP contribution in [0.4, 0.5) is 0 Å². The van der Waals surface area contributed by atoms with Crippen molar-refractivity contribution < 1.29 is 9.32 Å². The molecular weight excluding hydrogens is 330 g/mol. The first kappa shape index (κ1) is 18.5. The third-order valence-electron chi connectivity index (χ3n) is 4.99. The smallest absolute Gasteiger partial charge is 0.243 e. The first-order chi connectivity index (χ1) is 12.6. The molecule has 2 atom stereocenters. The van der Waals surface area contributed by atoms with Crippen molar-refractivity contribution in [1.29, 1.82) is 0 Å². The van der Waals surface area contributed by atoms with E-state index in [-0.39, 0.29) is 18.0 Å². The van der Waals surface area contributed by atoms with Crippen molar-refractivity contribution in [2.45, 2.75) is 38.8 Å². The summed E-state index contributed by atoms with van der Waals surface area (Å²) in [5.74, 6) is 1.49. The van der Waals surface area contributed by atoms with E-state index in [0.717, 1.165) is 30.9 Å². The second kappa shape index (κ2) is 8.42. The monoisotopic (exact) mass is 357 g/mol. The van der Waals surface area contributed by atoms with E-state index in [1.807, 2.05) is 42.2 Å². The predicted octanol–water partition coefficient (Wildman–Crippen LogP) is 1.93. The highest BCUT2D eigenvalue weighted by atomic mass is 16.5. The zero-order chi connectivity index (χ0) is 18.5. The molecule has 2 unspecified atom stereocenters. The Morgan fingerprint density at radius 1 is 1.23 bits per heavy atom. The average molecular weight is 357 g/mol. The van der Waals surface area contributed by atoms with Crippen LogP contribution >= 0.6 is 0 Å². The van der Waals surface area contributed by atoms with Gasteiger partial charge in [-0.2, -0.15) is 4.98 Å². The lowest BCUT2D eigenvalue weighted by atomic mass is 10.0. The van der Waals surface area contributed by atoms with Gasteiger partial charge in [0.1, 0.15) is 0 Å². The number of hydrogen-bond donors (Lipinski definition) is 1. The van der Waals surface area contributed by atoms with Crippen LogP contribution in [0.15, 0.2) is 34.9 Å². The molecule has 2 aromatic rings. The standard InChI is InChI=1S/C19H27N5O2/c1-3-17-21-19(26-22-17)14(2)23-9-11-24(12-10-23)18(25)13-16(20)15-7-5-4-6-8-15/h4-8,14,16H,3,9-13,20H2,1-2H3. The van der Waals surface area contributed by atoms with Crippen LogP contribution < -0.4 is 5.73 Å². The number of nitrogens with two attached hydrogens (primary N) is 1. The minimum atomic E-state index is -0.258. The van der Waals surface area contributed by atoms with Crippen LogP contribution in [0.5, 0.6) is 0 Å². The van der Waals surface area contributed by atoms with Crippen LogP contribution in [0.3, 0.4) is 0 Å². The fraction of sp³-hybridized carbons (Fsp3) is 0.526. The van der Waals surface area contributed by atoms with Crippen molar-refractivity contribution in [2.24, 2.45) is 5.73 Å². The number of rotatable bonds is 6. The summed E-state index contributed by atoms with van der Waals surface area (Å²) in [5.41, 5.74) is 7.18. The molecule has 1 aliphatic heterocycles. The van der Waals surface area contributed by atoms with E-state index in [0.29, 0.717) is 25.4 Å². The van der Waals surface area contributed by atoms with Gasteiger partial charge < -0.3 is 15.2 Å². The largest absolute Gasteiger partial charge is 0.340 e. The Kier molecular flexibility index (Phi) is 6.00. The van der Waals surface area contributed by atoms with Gasteiger partial charge in [-0.15, -0.1) is 0 Å². The van der Waals surface area contributed by atoms with Gasteiger partial charge in [-0.1, -0.05) is 42.4 Å². The molecule has 0 bridgehead atoms. The van der Waals surface area contributed by atoms with Crippen molar-refractivity contribution in [2.75, 3.05) is 26.2 Å². The molecule has 26 heavy (non-hydrogen) atoms. The Balaban J connectivity index is 1.50. The molecule has 0 saturated carbocycles. The number of carbonyl (C=O) groups is 1. The van der Waals surface area contributed by atoms with Crippen LogP contribution in [0.1, 0.15) is 49.6 Å². The summed E-state index contributed by atoms with van der Waals surface area (Å²) < 4.78 is 5.35. The molecule has 0 radical (unpaired) electrons. The third-order valence-corrected chi connectivity index (χ3v) is 4.99. The molecular formula is C19H27N5O2. The van der Waals surface area contributed by atoms with Gasteiger partial charge >= 0.3 is 0 Å². The molecule has 7 heteroatoms. The number of carbonyl (C=O) groups excluding carboxylic acids is 1. The van der Waals surface area contributed by atoms with Gasteiger partial charge in [0.2, 0.25) is 11.8 Å². The Labute approximate surface area is 154 Å².